The lowest BCUT2D eigenvalue weighted by atomic mass is 10.1. The molecule has 2 rings (SSSR count). The monoisotopic (exact) mass is 336 g/mol. The molecule has 6 heteroatoms. The van der Waals surface area contributed by atoms with E-state index in [9.17, 15) is 13.6 Å². The van der Waals surface area contributed by atoms with Crippen LogP contribution in [0.15, 0.2) is 41.6 Å². The van der Waals surface area contributed by atoms with E-state index in [1.165, 1.54) is 17.8 Å². The molecule has 1 heterocycles. The van der Waals surface area contributed by atoms with Gasteiger partial charge in [0.1, 0.15) is 0 Å². The number of carbonyl (C=O) groups is 1. The quantitative estimate of drug-likeness (QED) is 0.815. The van der Waals surface area contributed by atoms with Crippen LogP contribution in [0.2, 0.25) is 0 Å². The Hall–Kier alpha value is -1.95. The molecule has 0 aliphatic rings. The van der Waals surface area contributed by atoms with Crippen LogP contribution in [0.25, 0.3) is 0 Å². The van der Waals surface area contributed by atoms with E-state index >= 15 is 0 Å². The molecule has 0 fully saturated rings. The van der Waals surface area contributed by atoms with Crippen molar-refractivity contribution in [1.29, 1.82) is 0 Å². The molecule has 122 valence electrons. The van der Waals surface area contributed by atoms with E-state index in [1.54, 1.807) is 24.4 Å². The number of aromatic nitrogens is 1. The van der Waals surface area contributed by atoms with Gasteiger partial charge in [0.05, 0.1) is 5.03 Å². The van der Waals surface area contributed by atoms with Gasteiger partial charge in [-0.05, 0) is 55.9 Å². The van der Waals surface area contributed by atoms with Gasteiger partial charge < -0.3 is 5.32 Å². The standard InChI is InChI=1S/C17H18F2N2OS/c1-11(3-4-12-5-6-14(18)15(19)9-12)21-17(22)13-7-8-20-16(10-13)23-2/h5-11H,3-4H2,1-2H3,(H,21,22). The van der Waals surface area contributed by atoms with Crippen molar-refractivity contribution in [3.05, 3.63) is 59.3 Å². The number of hydrogen-bond donors (Lipinski definition) is 1. The highest BCUT2D eigenvalue weighted by Gasteiger charge is 2.11. The Morgan fingerprint density at radius 3 is 2.74 bits per heavy atom. The third kappa shape index (κ3) is 5.03. The van der Waals surface area contributed by atoms with E-state index in [0.29, 0.717) is 24.0 Å². The number of halogens is 2. The van der Waals surface area contributed by atoms with Crippen molar-refractivity contribution in [1.82, 2.24) is 10.3 Å². The zero-order valence-electron chi connectivity index (χ0n) is 13.0. The van der Waals surface area contributed by atoms with Gasteiger partial charge in [0.25, 0.3) is 5.91 Å². The van der Waals surface area contributed by atoms with E-state index in [-0.39, 0.29) is 11.9 Å². The maximum Gasteiger partial charge on any atom is 0.251 e. The highest BCUT2D eigenvalue weighted by molar-refractivity contribution is 7.98. The second kappa shape index (κ2) is 8.06. The number of nitrogens with one attached hydrogen (secondary N) is 1. The third-order valence-corrected chi connectivity index (χ3v) is 4.08. The number of amides is 1. The van der Waals surface area contributed by atoms with Gasteiger partial charge in [0.15, 0.2) is 11.6 Å². The summed E-state index contributed by atoms with van der Waals surface area (Å²) in [6.45, 7) is 1.88. The minimum absolute atomic E-state index is 0.0819. The molecule has 2 aromatic rings. The number of hydrogen-bond acceptors (Lipinski definition) is 3. The van der Waals surface area contributed by atoms with E-state index in [0.717, 1.165) is 11.1 Å². The fraction of sp³-hybridized carbons (Fsp3) is 0.294. The normalized spacial score (nSPS) is 12.0. The van der Waals surface area contributed by atoms with Crippen molar-refractivity contribution in [2.24, 2.45) is 0 Å². The van der Waals surface area contributed by atoms with Gasteiger partial charge in [-0.25, -0.2) is 13.8 Å². The molecule has 0 aliphatic heterocycles. The summed E-state index contributed by atoms with van der Waals surface area (Å²) in [5, 5.41) is 3.68. The number of thioether (sulfide) groups is 1. The summed E-state index contributed by atoms with van der Waals surface area (Å²) in [6, 6.07) is 7.19. The summed E-state index contributed by atoms with van der Waals surface area (Å²) in [5.41, 5.74) is 1.27. The molecule has 1 aromatic heterocycles. The minimum atomic E-state index is -0.850. The maximum atomic E-state index is 13.2. The highest BCUT2D eigenvalue weighted by atomic mass is 32.2. The lowest BCUT2D eigenvalue weighted by molar-refractivity contribution is 0.0938. The average molecular weight is 336 g/mol. The van der Waals surface area contributed by atoms with Crippen LogP contribution in [-0.4, -0.2) is 23.2 Å². The zero-order chi connectivity index (χ0) is 16.8. The van der Waals surface area contributed by atoms with Crippen LogP contribution in [0.5, 0.6) is 0 Å². The molecule has 23 heavy (non-hydrogen) atoms. The second-order valence-corrected chi connectivity index (χ2v) is 6.08. The van der Waals surface area contributed by atoms with Crippen molar-refractivity contribution < 1.29 is 13.6 Å². The Morgan fingerprint density at radius 1 is 1.26 bits per heavy atom. The Kier molecular flexibility index (Phi) is 6.10. The van der Waals surface area contributed by atoms with E-state index in [4.69, 9.17) is 0 Å². The van der Waals surface area contributed by atoms with Gasteiger partial charge in [-0.3, -0.25) is 4.79 Å². The lowest BCUT2D eigenvalue weighted by Gasteiger charge is -2.14. The molecule has 3 nitrogen and oxygen atoms in total. The van der Waals surface area contributed by atoms with Gasteiger partial charge in [0, 0.05) is 17.8 Å². The number of nitrogens with zero attached hydrogens (tertiary/aromatic N) is 1. The number of carbonyl (C=O) groups excluding carboxylic acids is 1. The molecule has 1 N–H and O–H groups in total. The second-order valence-electron chi connectivity index (χ2n) is 5.25. The van der Waals surface area contributed by atoms with E-state index in [1.807, 2.05) is 13.2 Å². The predicted octanol–water partition coefficient (Wildman–Crippen LogP) is 3.83. The summed E-state index contributed by atoms with van der Waals surface area (Å²) < 4.78 is 26.0. The molecule has 0 saturated carbocycles. The SMILES string of the molecule is CSc1cc(C(=O)NC(C)CCc2ccc(F)c(F)c2)ccn1. The van der Waals surface area contributed by atoms with Crippen LogP contribution >= 0.6 is 11.8 Å². The highest BCUT2D eigenvalue weighted by Crippen LogP contribution is 2.14. The molecule has 1 unspecified atom stereocenters. The van der Waals surface area contributed by atoms with E-state index in [2.05, 4.69) is 10.3 Å². The fourth-order valence-electron chi connectivity index (χ4n) is 2.12. The number of benzene rings is 1. The molecule has 0 spiro atoms. The Balaban J connectivity index is 1.89. The molecule has 1 aromatic carbocycles. The Bertz CT molecular complexity index is 694. The summed E-state index contributed by atoms with van der Waals surface area (Å²) >= 11 is 1.47. The van der Waals surface area contributed by atoms with Crippen molar-refractivity contribution in [3.63, 3.8) is 0 Å². The molecule has 0 aliphatic carbocycles. The summed E-state index contributed by atoms with van der Waals surface area (Å²) in [7, 11) is 0. The van der Waals surface area contributed by atoms with Gasteiger partial charge in [-0.1, -0.05) is 6.07 Å². The van der Waals surface area contributed by atoms with Crippen molar-refractivity contribution in [2.75, 3.05) is 6.26 Å². The van der Waals surface area contributed by atoms with Crippen LogP contribution in [0.3, 0.4) is 0 Å². The molecule has 0 radical (unpaired) electrons. The van der Waals surface area contributed by atoms with Gasteiger partial charge in [-0.2, -0.15) is 0 Å². The topological polar surface area (TPSA) is 42.0 Å². The number of aryl methyl sites for hydroxylation is 1. The van der Waals surface area contributed by atoms with Crippen LogP contribution in [0.1, 0.15) is 29.3 Å². The molecule has 0 bridgehead atoms. The van der Waals surface area contributed by atoms with Gasteiger partial charge >= 0.3 is 0 Å². The van der Waals surface area contributed by atoms with Crippen LogP contribution < -0.4 is 5.32 Å². The minimum Gasteiger partial charge on any atom is -0.350 e. The Labute approximate surface area is 138 Å². The van der Waals surface area contributed by atoms with Crippen LogP contribution in [-0.2, 0) is 6.42 Å². The number of rotatable bonds is 6. The lowest BCUT2D eigenvalue weighted by Crippen LogP contribution is -2.32. The van der Waals surface area contributed by atoms with E-state index < -0.39 is 11.6 Å². The summed E-state index contributed by atoms with van der Waals surface area (Å²) in [6.07, 6.45) is 4.70. The van der Waals surface area contributed by atoms with Crippen molar-refractivity contribution >= 4 is 17.7 Å². The van der Waals surface area contributed by atoms with Gasteiger partial charge in [-0.15, -0.1) is 11.8 Å². The predicted molar refractivity (Wildman–Crippen MR) is 87.6 cm³/mol. The van der Waals surface area contributed by atoms with Crippen LogP contribution in [0, 0.1) is 11.6 Å². The smallest absolute Gasteiger partial charge is 0.251 e. The molecular weight excluding hydrogens is 318 g/mol. The Morgan fingerprint density at radius 2 is 2.04 bits per heavy atom. The first-order valence-electron chi connectivity index (χ1n) is 7.24. The maximum absolute atomic E-state index is 13.2. The van der Waals surface area contributed by atoms with Gasteiger partial charge in [0.2, 0.25) is 0 Å². The molecule has 1 amide bonds. The first kappa shape index (κ1) is 17.4. The van der Waals surface area contributed by atoms with Crippen molar-refractivity contribution in [2.45, 2.75) is 30.8 Å². The zero-order valence-corrected chi connectivity index (χ0v) is 13.8. The van der Waals surface area contributed by atoms with Crippen molar-refractivity contribution in [3.8, 4) is 0 Å². The third-order valence-electron chi connectivity index (χ3n) is 3.43. The largest absolute Gasteiger partial charge is 0.350 e. The summed E-state index contributed by atoms with van der Waals surface area (Å²) in [4.78, 5) is 16.3. The summed E-state index contributed by atoms with van der Waals surface area (Å²) in [5.74, 6) is -1.86. The molecule has 0 saturated heterocycles. The molecular formula is C17H18F2N2OS. The fourth-order valence-corrected chi connectivity index (χ4v) is 2.53. The average Bonchev–Trinajstić information content (AvgIpc) is 2.56. The first-order chi connectivity index (χ1) is 11.0. The van der Waals surface area contributed by atoms with Crippen LogP contribution in [0.4, 0.5) is 8.78 Å². The molecule has 1 atom stereocenters. The first-order valence-corrected chi connectivity index (χ1v) is 8.47. The number of pyridine rings is 1.